The van der Waals surface area contributed by atoms with Gasteiger partial charge in [-0.05, 0) is 146 Å². The third-order valence-electron chi connectivity index (χ3n) is 16.1. The van der Waals surface area contributed by atoms with Crippen LogP contribution in [0.1, 0.15) is 151 Å². The van der Waals surface area contributed by atoms with Crippen LogP contribution in [0.5, 0.6) is 11.5 Å². The van der Waals surface area contributed by atoms with E-state index in [-0.39, 0.29) is 78.2 Å². The molecule has 2 aliphatic heterocycles. The third-order valence-corrected chi connectivity index (χ3v) is 16.1. The van der Waals surface area contributed by atoms with Gasteiger partial charge in [-0.25, -0.2) is 28.3 Å². The van der Waals surface area contributed by atoms with Gasteiger partial charge in [0.2, 0.25) is 0 Å². The molecule has 4 heterocycles. The summed E-state index contributed by atoms with van der Waals surface area (Å²) in [5, 5.41) is 32.9. The third kappa shape index (κ3) is 11.9. The predicted molar refractivity (Wildman–Crippen MR) is 286 cm³/mol. The van der Waals surface area contributed by atoms with E-state index in [1.165, 1.54) is 19.1 Å². The molecule has 81 heavy (non-hydrogen) atoms. The van der Waals surface area contributed by atoms with Crippen molar-refractivity contribution in [2.45, 2.75) is 155 Å². The number of aromatic nitrogens is 4. The summed E-state index contributed by atoms with van der Waals surface area (Å²) in [4.78, 5) is 62.1. The lowest BCUT2D eigenvalue weighted by atomic mass is 9.83. The Morgan fingerprint density at radius 3 is 1.40 bits per heavy atom. The molecular weight excluding hydrogens is 1070 g/mol. The number of ether oxygens (including phenoxy) is 4. The molecule has 2 aliphatic carbocycles. The highest BCUT2D eigenvalue weighted by atomic mass is 19.3. The van der Waals surface area contributed by atoms with Crippen LogP contribution in [0.25, 0.3) is 22.1 Å². The van der Waals surface area contributed by atoms with Gasteiger partial charge in [-0.1, -0.05) is 20.3 Å². The van der Waals surface area contributed by atoms with Crippen molar-refractivity contribution in [3.8, 4) is 11.5 Å². The van der Waals surface area contributed by atoms with E-state index in [2.05, 4.69) is 9.47 Å². The highest BCUT2D eigenvalue weighted by Gasteiger charge is 2.39. The average Bonchev–Trinajstić information content (AvgIpc) is 4.27. The molecule has 4 aliphatic rings. The number of Topliss-reactive ketones (excluding diaryl/α,β-unsaturated/α-hetero) is 1. The van der Waals surface area contributed by atoms with Gasteiger partial charge >= 0.3 is 31.4 Å². The first-order valence-corrected chi connectivity index (χ1v) is 26.6. The van der Waals surface area contributed by atoms with E-state index in [1.54, 1.807) is 28.5 Å². The minimum absolute atomic E-state index is 0. The molecular formula is C58H66F6N6O11. The van der Waals surface area contributed by atoms with Gasteiger partial charge in [-0.3, -0.25) is 19.4 Å². The topological polar surface area (TPSA) is 208 Å². The number of carboxylic acids is 1. The van der Waals surface area contributed by atoms with Crippen molar-refractivity contribution in [3.05, 3.63) is 106 Å². The summed E-state index contributed by atoms with van der Waals surface area (Å²) in [5.74, 6) is -3.69. The summed E-state index contributed by atoms with van der Waals surface area (Å²) in [6.07, 6.45) is 2.90. The van der Waals surface area contributed by atoms with Crippen molar-refractivity contribution in [2.75, 3.05) is 24.0 Å². The molecule has 2 aromatic heterocycles. The normalized spacial score (nSPS) is 21.5. The number of methoxy groups -OCH3 is 2. The molecule has 4 aromatic carbocycles. The maximum absolute atomic E-state index is 14.3. The number of ketones is 1. The van der Waals surface area contributed by atoms with Crippen molar-refractivity contribution >= 4 is 57.4 Å². The zero-order chi connectivity index (χ0) is 57.4. The van der Waals surface area contributed by atoms with Gasteiger partial charge in [0.1, 0.15) is 52.8 Å². The molecule has 23 heteroatoms. The smallest absolute Gasteiger partial charge is 0.414 e. The number of anilines is 2. The van der Waals surface area contributed by atoms with Gasteiger partial charge in [-0.2, -0.15) is 17.6 Å². The molecule has 0 radical (unpaired) electrons. The van der Waals surface area contributed by atoms with Crippen LogP contribution >= 0.6 is 0 Å². The number of aliphatic hydroxyl groups is 2. The number of carboxylic acid groups (broad SMARTS) is 1. The van der Waals surface area contributed by atoms with Crippen LogP contribution in [0.15, 0.2) is 60.7 Å². The van der Waals surface area contributed by atoms with Gasteiger partial charge < -0.3 is 43.4 Å². The van der Waals surface area contributed by atoms with Gasteiger partial charge in [-0.15, -0.1) is 0 Å². The number of rotatable bonds is 12. The predicted octanol–water partition coefficient (Wildman–Crippen LogP) is 12.3. The number of hydrogen-bond donors (Lipinski definition) is 3. The van der Waals surface area contributed by atoms with Crippen LogP contribution in [0.4, 0.5) is 47.3 Å². The number of carbonyl (C=O) groups is 4. The van der Waals surface area contributed by atoms with Crippen molar-refractivity contribution in [1.29, 1.82) is 0 Å². The number of nitrogens with zero attached hydrogens (tertiary/aromatic N) is 6. The van der Waals surface area contributed by atoms with Crippen molar-refractivity contribution in [3.63, 3.8) is 0 Å². The lowest BCUT2D eigenvalue weighted by molar-refractivity contribution is -0.143. The van der Waals surface area contributed by atoms with Gasteiger partial charge in [0.05, 0.1) is 53.6 Å². The highest BCUT2D eigenvalue weighted by molar-refractivity contribution is 5.97. The largest absolute Gasteiger partial charge is 0.481 e. The standard InChI is InChI=1S/C29H32F3N3O5.C28H30F3N3O6.CH4/c1-15-7-9-20-22(34(15)29(38)39-3)10-11-23-25(20)33-27(35(23)19-6-4-5-17(13-19)16(2)36)26(37)21-14-18(30)8-12-24(21)40-28(31)32;1-14-6-8-18-20(33(14)28(38)39-2)9-10-21-23(18)32-25(34(21)17-5-3-4-15(12-17)26(36)37)24(35)19-13-16(29)7-11-22(19)40-27(30)31;/h8,10-12,14-15,17,19,26,28,37H,4-7,9,13H2,1-3H3;7,9-11,13-15,17,24,27,35H,3-6,8,12H2,1-2H3,(H,36,37);1H4/t15-,17+,19+,26-;14-,15+,17+,24+;/m00./s1. The second kappa shape index (κ2) is 24.8. The first kappa shape index (κ1) is 59.7. The summed E-state index contributed by atoms with van der Waals surface area (Å²) in [6, 6.07) is 12.2. The quantitative estimate of drug-likeness (QED) is 0.0976. The lowest BCUT2D eigenvalue weighted by Crippen LogP contribution is -2.42. The van der Waals surface area contributed by atoms with Crippen molar-refractivity contribution < 1.29 is 79.8 Å². The fraction of sp³-hybridized carbons (Fsp3) is 0.483. The Morgan fingerprint density at radius 1 is 0.605 bits per heavy atom. The Labute approximate surface area is 463 Å². The van der Waals surface area contributed by atoms with E-state index in [1.807, 2.05) is 30.5 Å². The number of alkyl halides is 4. The van der Waals surface area contributed by atoms with Gasteiger partial charge in [0.15, 0.2) is 0 Å². The number of imidazole rings is 2. The Morgan fingerprint density at radius 2 is 1.01 bits per heavy atom. The summed E-state index contributed by atoms with van der Waals surface area (Å²) in [6.45, 7) is -0.989. The minimum Gasteiger partial charge on any atom is -0.481 e. The molecule has 2 amide bonds. The fourth-order valence-corrected chi connectivity index (χ4v) is 12.3. The van der Waals surface area contributed by atoms with Gasteiger partial charge in [0.25, 0.3) is 0 Å². The van der Waals surface area contributed by atoms with Crippen LogP contribution in [0, 0.1) is 23.5 Å². The Balaban J connectivity index is 0.000000210. The minimum atomic E-state index is -3.21. The molecule has 2 fully saturated rings. The zero-order valence-electron chi connectivity index (χ0n) is 44.6. The molecule has 2 saturated carbocycles. The first-order valence-electron chi connectivity index (χ1n) is 26.6. The zero-order valence-corrected chi connectivity index (χ0v) is 44.6. The number of benzene rings is 4. The number of fused-ring (bicyclic) bond motifs is 6. The molecule has 8 atom stereocenters. The Hall–Kier alpha value is -7.40. The van der Waals surface area contributed by atoms with Gasteiger partial charge in [0, 0.05) is 52.3 Å². The summed E-state index contributed by atoms with van der Waals surface area (Å²) < 4.78 is 104. The van der Waals surface area contributed by atoms with Crippen LogP contribution in [0.2, 0.25) is 0 Å². The van der Waals surface area contributed by atoms with Crippen molar-refractivity contribution in [1.82, 2.24) is 19.1 Å². The molecule has 6 aromatic rings. The van der Waals surface area contributed by atoms with E-state index < -0.39 is 66.9 Å². The number of amides is 2. The molecule has 0 unspecified atom stereocenters. The molecule has 17 nitrogen and oxygen atoms in total. The number of aliphatic hydroxyl groups excluding tert-OH is 2. The second-order valence-corrected chi connectivity index (χ2v) is 20.9. The monoisotopic (exact) mass is 1140 g/mol. The molecule has 0 spiro atoms. The average molecular weight is 1140 g/mol. The van der Waals surface area contributed by atoms with E-state index in [0.717, 1.165) is 60.4 Å². The van der Waals surface area contributed by atoms with Crippen LogP contribution in [-0.4, -0.2) is 97.9 Å². The maximum atomic E-state index is 14.3. The number of hydrogen-bond acceptors (Lipinski definition) is 12. The van der Waals surface area contributed by atoms with Crippen molar-refractivity contribution in [2.24, 2.45) is 11.8 Å². The van der Waals surface area contributed by atoms with E-state index in [9.17, 15) is 60.8 Å². The van der Waals surface area contributed by atoms with Crippen LogP contribution < -0.4 is 19.3 Å². The summed E-state index contributed by atoms with van der Waals surface area (Å²) in [7, 11) is 2.61. The highest BCUT2D eigenvalue weighted by Crippen LogP contribution is 2.46. The van der Waals surface area contributed by atoms with E-state index in [0.29, 0.717) is 91.2 Å². The number of carbonyl (C=O) groups excluding carboxylic acids is 3. The first-order chi connectivity index (χ1) is 38.2. The molecule has 0 bridgehead atoms. The molecule has 10 rings (SSSR count). The molecule has 3 N–H and O–H groups in total. The Kier molecular flexibility index (Phi) is 18.3. The maximum Gasteiger partial charge on any atom is 0.414 e. The molecule has 436 valence electrons. The van der Waals surface area contributed by atoms with E-state index >= 15 is 0 Å². The number of aliphatic carboxylic acids is 1. The summed E-state index contributed by atoms with van der Waals surface area (Å²) >= 11 is 0. The SMILES string of the molecule is C.COC(=O)N1c2ccc3c(nc([C@@H](O)c4cc(F)ccc4OC(F)F)n3[C@@H]3CCC[C@@H](C(C)=O)C3)c2CC[C@@H]1C.COC(=O)N1c2ccc3c(nc([C@H](O)c4cc(F)ccc4OC(F)F)n3[C@@H]3CCC[C@@H](C(=O)O)C3)c2CC[C@@H]1C. The lowest BCUT2D eigenvalue weighted by Gasteiger charge is -2.34. The second-order valence-electron chi connectivity index (χ2n) is 20.9. The summed E-state index contributed by atoms with van der Waals surface area (Å²) in [5.41, 5.74) is 4.64. The molecule has 0 saturated heterocycles. The number of aryl methyl sites for hydroxylation is 2. The number of halogens is 6. The van der Waals surface area contributed by atoms with Crippen LogP contribution in [-0.2, 0) is 31.9 Å². The van der Waals surface area contributed by atoms with E-state index in [4.69, 9.17) is 19.4 Å². The fourth-order valence-electron chi connectivity index (χ4n) is 12.3. The Bertz CT molecular complexity index is 3100. The van der Waals surface area contributed by atoms with Crippen LogP contribution in [0.3, 0.4) is 0 Å².